The van der Waals surface area contributed by atoms with Gasteiger partial charge in [-0.3, -0.25) is 9.10 Å². The molecule has 8 heteroatoms. The van der Waals surface area contributed by atoms with Crippen molar-refractivity contribution in [2.45, 2.75) is 26.2 Å². The van der Waals surface area contributed by atoms with Crippen LogP contribution >= 0.6 is 0 Å². The number of sulfonamides is 1. The van der Waals surface area contributed by atoms with Gasteiger partial charge >= 0.3 is 0 Å². The molecule has 3 rings (SSSR count). The van der Waals surface area contributed by atoms with E-state index in [4.69, 9.17) is 4.52 Å². The molecular weight excluding hydrogens is 330 g/mol. The van der Waals surface area contributed by atoms with Crippen LogP contribution in [0.5, 0.6) is 0 Å². The van der Waals surface area contributed by atoms with Crippen LogP contribution < -0.4 is 9.62 Å². The monoisotopic (exact) mass is 349 g/mol. The van der Waals surface area contributed by atoms with Gasteiger partial charge in [-0.2, -0.15) is 0 Å². The second kappa shape index (κ2) is 6.64. The molecule has 1 N–H and O–H groups in total. The minimum absolute atomic E-state index is 0.125. The van der Waals surface area contributed by atoms with Gasteiger partial charge < -0.3 is 9.84 Å². The maximum atomic E-state index is 12.4. The lowest BCUT2D eigenvalue weighted by Gasteiger charge is -2.30. The van der Waals surface area contributed by atoms with Crippen molar-refractivity contribution in [1.82, 2.24) is 5.16 Å². The Morgan fingerprint density at radius 2 is 2.21 bits per heavy atom. The molecule has 1 aromatic carbocycles. The lowest BCUT2D eigenvalue weighted by Crippen LogP contribution is -2.37. The summed E-state index contributed by atoms with van der Waals surface area (Å²) in [6.07, 6.45) is 3.52. The molecule has 0 fully saturated rings. The molecule has 0 aliphatic carbocycles. The van der Waals surface area contributed by atoms with Crippen LogP contribution in [0.15, 0.2) is 35.0 Å². The van der Waals surface area contributed by atoms with E-state index in [1.54, 1.807) is 12.1 Å². The van der Waals surface area contributed by atoms with Gasteiger partial charge in [-0.15, -0.1) is 0 Å². The quantitative estimate of drug-likeness (QED) is 0.895. The summed E-state index contributed by atoms with van der Waals surface area (Å²) in [6, 6.07) is 6.74. The number of nitrogens with zero attached hydrogens (tertiary/aromatic N) is 2. The molecule has 0 radical (unpaired) electrons. The largest absolute Gasteiger partial charge is 0.351 e. The average molecular weight is 349 g/mol. The van der Waals surface area contributed by atoms with Gasteiger partial charge in [0.25, 0.3) is 5.91 Å². The summed E-state index contributed by atoms with van der Waals surface area (Å²) >= 11 is 0. The Labute approximate surface area is 140 Å². The summed E-state index contributed by atoms with van der Waals surface area (Å²) < 4.78 is 31.1. The first-order chi connectivity index (χ1) is 11.5. The van der Waals surface area contributed by atoms with E-state index >= 15 is 0 Å². The number of aryl methyl sites for hydroxylation is 1. The maximum absolute atomic E-state index is 12.4. The highest BCUT2D eigenvalue weighted by atomic mass is 32.2. The van der Waals surface area contributed by atoms with E-state index in [1.807, 2.05) is 13.0 Å². The van der Waals surface area contributed by atoms with Gasteiger partial charge in [-0.05, 0) is 43.0 Å². The number of anilines is 2. The summed E-state index contributed by atoms with van der Waals surface area (Å²) in [7, 11) is -3.30. The Kier molecular flexibility index (Phi) is 4.57. The minimum atomic E-state index is -3.30. The van der Waals surface area contributed by atoms with E-state index in [0.717, 1.165) is 18.4 Å². The lowest BCUT2D eigenvalue weighted by molar-refractivity contribution is 0.0988. The summed E-state index contributed by atoms with van der Waals surface area (Å²) in [5.74, 6) is -0.130. The Morgan fingerprint density at radius 3 is 2.92 bits per heavy atom. The predicted molar refractivity (Wildman–Crippen MR) is 90.6 cm³/mol. The zero-order valence-corrected chi connectivity index (χ0v) is 14.2. The normalized spacial score (nSPS) is 14.3. The highest BCUT2D eigenvalue weighted by Gasteiger charge is 2.27. The smallest absolute Gasteiger partial charge is 0.294 e. The van der Waals surface area contributed by atoms with Crippen molar-refractivity contribution in [2.24, 2.45) is 0 Å². The van der Waals surface area contributed by atoms with Gasteiger partial charge in [0.2, 0.25) is 15.8 Å². The van der Waals surface area contributed by atoms with Gasteiger partial charge in [0, 0.05) is 18.3 Å². The highest BCUT2D eigenvalue weighted by molar-refractivity contribution is 7.92. The van der Waals surface area contributed by atoms with E-state index in [-0.39, 0.29) is 11.5 Å². The van der Waals surface area contributed by atoms with E-state index < -0.39 is 15.9 Å². The number of hydrogen-bond acceptors (Lipinski definition) is 5. The fourth-order valence-corrected chi connectivity index (χ4v) is 4.44. The first-order valence-corrected chi connectivity index (χ1v) is 9.47. The van der Waals surface area contributed by atoms with E-state index in [9.17, 15) is 13.2 Å². The fourth-order valence-electron chi connectivity index (χ4n) is 2.82. The van der Waals surface area contributed by atoms with Crippen molar-refractivity contribution in [3.63, 3.8) is 0 Å². The Hall–Kier alpha value is -2.35. The summed E-state index contributed by atoms with van der Waals surface area (Å²) in [5.41, 5.74) is 2.22. The molecule has 128 valence electrons. The molecule has 0 saturated carbocycles. The van der Waals surface area contributed by atoms with Gasteiger partial charge in [0.1, 0.15) is 0 Å². The van der Waals surface area contributed by atoms with E-state index in [0.29, 0.717) is 24.3 Å². The third kappa shape index (κ3) is 3.28. The highest BCUT2D eigenvalue weighted by Crippen LogP contribution is 2.32. The molecule has 1 aliphatic heterocycles. The van der Waals surface area contributed by atoms with Crippen molar-refractivity contribution < 1.29 is 17.7 Å². The van der Waals surface area contributed by atoms with E-state index in [1.165, 1.54) is 16.6 Å². The number of aromatic nitrogens is 1. The average Bonchev–Trinajstić information content (AvgIpc) is 3.08. The van der Waals surface area contributed by atoms with Gasteiger partial charge in [-0.25, -0.2) is 8.42 Å². The van der Waals surface area contributed by atoms with Gasteiger partial charge in [0.05, 0.1) is 17.6 Å². The number of carbonyl (C=O) groups excluding carboxylic acids is 1. The number of hydrogen-bond donors (Lipinski definition) is 1. The van der Waals surface area contributed by atoms with Gasteiger partial charge in [0.15, 0.2) is 0 Å². The van der Waals surface area contributed by atoms with E-state index in [2.05, 4.69) is 10.5 Å². The number of carbonyl (C=O) groups is 1. The molecule has 0 saturated heterocycles. The molecule has 24 heavy (non-hydrogen) atoms. The molecule has 7 nitrogen and oxygen atoms in total. The Morgan fingerprint density at radius 1 is 1.38 bits per heavy atom. The number of amides is 1. The standard InChI is InChI=1S/C16H19N3O4S/c1-2-10-24(21,22)19-9-3-4-12-11-13(5-6-14(12)19)18-16(20)15-7-8-17-23-15/h5-8,11H,2-4,9-10H2,1H3,(H,18,20). The van der Waals surface area contributed by atoms with Crippen molar-refractivity contribution in [2.75, 3.05) is 21.9 Å². The molecule has 1 aliphatic rings. The first kappa shape index (κ1) is 16.5. The summed E-state index contributed by atoms with van der Waals surface area (Å²) in [6.45, 7) is 2.35. The molecule has 1 aromatic heterocycles. The van der Waals surface area contributed by atoms with Crippen LogP contribution in [0, 0.1) is 0 Å². The molecule has 0 spiro atoms. The molecule has 1 amide bonds. The van der Waals surface area contributed by atoms with Crippen LogP contribution in [0.2, 0.25) is 0 Å². The molecular formula is C16H19N3O4S. The SMILES string of the molecule is CCCS(=O)(=O)N1CCCc2cc(NC(=O)c3ccno3)ccc21. The zero-order valence-electron chi connectivity index (χ0n) is 13.4. The first-order valence-electron chi connectivity index (χ1n) is 7.86. The van der Waals surface area contributed by atoms with Crippen molar-refractivity contribution in [1.29, 1.82) is 0 Å². The number of benzene rings is 1. The van der Waals surface area contributed by atoms with Crippen molar-refractivity contribution in [3.05, 3.63) is 41.8 Å². The third-order valence-electron chi connectivity index (χ3n) is 3.87. The summed E-state index contributed by atoms with van der Waals surface area (Å²) in [4.78, 5) is 12.0. The zero-order chi connectivity index (χ0) is 17.2. The Bertz CT molecular complexity index is 831. The topological polar surface area (TPSA) is 92.5 Å². The molecule has 2 heterocycles. The molecule has 0 unspecified atom stereocenters. The number of nitrogens with one attached hydrogen (secondary N) is 1. The van der Waals surface area contributed by atoms with Crippen LogP contribution in [-0.2, 0) is 16.4 Å². The number of rotatable bonds is 5. The van der Waals surface area contributed by atoms with Crippen LogP contribution in [-0.4, -0.2) is 31.8 Å². The predicted octanol–water partition coefficient (Wildman–Crippen LogP) is 2.42. The van der Waals surface area contributed by atoms with Crippen molar-refractivity contribution in [3.8, 4) is 0 Å². The fraction of sp³-hybridized carbons (Fsp3) is 0.375. The number of fused-ring (bicyclic) bond motifs is 1. The summed E-state index contributed by atoms with van der Waals surface area (Å²) in [5, 5.41) is 6.23. The molecule has 0 bridgehead atoms. The second-order valence-corrected chi connectivity index (χ2v) is 7.68. The minimum Gasteiger partial charge on any atom is -0.351 e. The van der Waals surface area contributed by atoms with Crippen LogP contribution in [0.4, 0.5) is 11.4 Å². The molecule has 0 atom stereocenters. The van der Waals surface area contributed by atoms with Crippen molar-refractivity contribution >= 4 is 27.3 Å². The lowest BCUT2D eigenvalue weighted by atomic mass is 10.0. The van der Waals surface area contributed by atoms with Crippen LogP contribution in [0.1, 0.15) is 35.9 Å². The van der Waals surface area contributed by atoms with Crippen LogP contribution in [0.3, 0.4) is 0 Å². The Balaban J connectivity index is 1.84. The third-order valence-corrected chi connectivity index (χ3v) is 5.85. The molecule has 2 aromatic rings. The maximum Gasteiger partial charge on any atom is 0.294 e. The van der Waals surface area contributed by atoms with Gasteiger partial charge in [-0.1, -0.05) is 12.1 Å². The van der Waals surface area contributed by atoms with Crippen LogP contribution in [0.25, 0.3) is 0 Å². The second-order valence-electron chi connectivity index (χ2n) is 5.67.